The Morgan fingerprint density at radius 2 is 2.19 bits per heavy atom. The van der Waals surface area contributed by atoms with Crippen LogP contribution in [-0.2, 0) is 6.42 Å². The zero-order valence-corrected chi connectivity index (χ0v) is 9.06. The van der Waals surface area contributed by atoms with E-state index >= 15 is 0 Å². The van der Waals surface area contributed by atoms with Gasteiger partial charge in [0.15, 0.2) is 0 Å². The van der Waals surface area contributed by atoms with Gasteiger partial charge in [-0.25, -0.2) is 4.39 Å². The highest BCUT2D eigenvalue weighted by atomic mass is 19.1. The Morgan fingerprint density at radius 3 is 2.69 bits per heavy atom. The van der Waals surface area contributed by atoms with Gasteiger partial charge in [-0.05, 0) is 25.0 Å². The number of rotatable bonds is 5. The van der Waals surface area contributed by atoms with Crippen LogP contribution >= 0.6 is 0 Å². The van der Waals surface area contributed by atoms with Crippen LogP contribution in [0.25, 0.3) is 0 Å². The topological polar surface area (TPSA) is 75.7 Å². The van der Waals surface area contributed by atoms with Gasteiger partial charge in [-0.15, -0.1) is 0 Å². The van der Waals surface area contributed by atoms with Crippen LogP contribution in [0.3, 0.4) is 0 Å². The lowest BCUT2D eigenvalue weighted by Gasteiger charge is -2.09. The summed E-state index contributed by atoms with van der Waals surface area (Å²) in [7, 11) is -1.56. The number of hydrogen-bond donors (Lipinski definition) is 3. The molecule has 0 aliphatic heterocycles. The number of hydrogen-bond acceptors (Lipinski definition) is 4. The zero-order chi connectivity index (χ0) is 12.1. The SMILES string of the molecule is C[C@@H](N)Cc1ccc(OCB(O)O)cc1F. The second-order valence-corrected chi connectivity index (χ2v) is 3.73. The van der Waals surface area contributed by atoms with E-state index in [-0.39, 0.29) is 18.3 Å². The van der Waals surface area contributed by atoms with Gasteiger partial charge in [-0.3, -0.25) is 0 Å². The predicted octanol–water partition coefficient (Wildman–Crippen LogP) is 0.106. The first kappa shape index (κ1) is 13.0. The lowest BCUT2D eigenvalue weighted by molar-refractivity contribution is 0.305. The summed E-state index contributed by atoms with van der Waals surface area (Å²) in [6.45, 7) is 1.51. The van der Waals surface area contributed by atoms with Gasteiger partial charge in [0, 0.05) is 12.1 Å². The molecule has 1 aromatic carbocycles. The molecule has 0 amide bonds. The third-order valence-electron chi connectivity index (χ3n) is 1.97. The number of halogens is 1. The monoisotopic (exact) mass is 227 g/mol. The first-order chi connectivity index (χ1) is 7.49. The fraction of sp³-hybridized carbons (Fsp3) is 0.400. The normalized spacial score (nSPS) is 12.3. The van der Waals surface area contributed by atoms with Gasteiger partial charge in [0.05, 0.1) is 0 Å². The molecule has 1 atom stereocenters. The molecule has 0 fully saturated rings. The molecule has 88 valence electrons. The third-order valence-corrected chi connectivity index (χ3v) is 1.97. The smallest absolute Gasteiger partial charge is 0.491 e. The van der Waals surface area contributed by atoms with Crippen molar-refractivity contribution in [2.75, 3.05) is 6.51 Å². The van der Waals surface area contributed by atoms with Crippen molar-refractivity contribution in [2.24, 2.45) is 5.73 Å². The van der Waals surface area contributed by atoms with Crippen molar-refractivity contribution in [1.29, 1.82) is 0 Å². The van der Waals surface area contributed by atoms with E-state index < -0.39 is 12.9 Å². The minimum absolute atomic E-state index is 0.111. The van der Waals surface area contributed by atoms with Crippen molar-refractivity contribution < 1.29 is 19.2 Å². The van der Waals surface area contributed by atoms with Gasteiger partial charge in [0.1, 0.15) is 18.1 Å². The van der Waals surface area contributed by atoms with Gasteiger partial charge in [-0.1, -0.05) is 6.07 Å². The van der Waals surface area contributed by atoms with Crippen LogP contribution in [-0.4, -0.2) is 29.7 Å². The van der Waals surface area contributed by atoms with Crippen molar-refractivity contribution in [1.82, 2.24) is 0 Å². The fourth-order valence-corrected chi connectivity index (χ4v) is 1.30. The Bertz CT molecular complexity index is 347. The Kier molecular flexibility index (Phi) is 4.73. The van der Waals surface area contributed by atoms with Crippen molar-refractivity contribution in [3.63, 3.8) is 0 Å². The second kappa shape index (κ2) is 5.84. The number of ether oxygens (including phenoxy) is 1. The summed E-state index contributed by atoms with van der Waals surface area (Å²) in [6, 6.07) is 4.25. The van der Waals surface area contributed by atoms with Crippen LogP contribution in [0.2, 0.25) is 0 Å². The lowest BCUT2D eigenvalue weighted by atomic mass is 9.95. The largest absolute Gasteiger partial charge is 0.496 e. The molecule has 1 rings (SSSR count). The van der Waals surface area contributed by atoms with Crippen LogP contribution in [0.1, 0.15) is 12.5 Å². The summed E-state index contributed by atoms with van der Waals surface area (Å²) in [5.41, 5.74) is 6.09. The highest BCUT2D eigenvalue weighted by molar-refractivity contribution is 6.40. The summed E-state index contributed by atoms with van der Waals surface area (Å²) in [6.07, 6.45) is 0.453. The quantitative estimate of drug-likeness (QED) is 0.624. The van der Waals surface area contributed by atoms with Gasteiger partial charge < -0.3 is 20.5 Å². The molecule has 0 aliphatic rings. The van der Waals surface area contributed by atoms with Gasteiger partial charge in [-0.2, -0.15) is 0 Å². The van der Waals surface area contributed by atoms with E-state index in [1.807, 2.05) is 0 Å². The lowest BCUT2D eigenvalue weighted by Crippen LogP contribution is -2.22. The summed E-state index contributed by atoms with van der Waals surface area (Å²) in [5, 5.41) is 17.2. The maximum absolute atomic E-state index is 13.5. The van der Waals surface area contributed by atoms with E-state index in [1.54, 1.807) is 19.1 Å². The molecule has 0 unspecified atom stereocenters. The average Bonchev–Trinajstić information content (AvgIpc) is 2.18. The Morgan fingerprint density at radius 1 is 1.50 bits per heavy atom. The zero-order valence-electron chi connectivity index (χ0n) is 9.06. The molecular formula is C10H15BFNO3. The number of nitrogens with two attached hydrogens (primary N) is 1. The van der Waals surface area contributed by atoms with E-state index in [1.165, 1.54) is 6.07 Å². The summed E-state index contributed by atoms with van der Waals surface area (Å²) in [5.74, 6) is -0.138. The van der Waals surface area contributed by atoms with Crippen LogP contribution in [0.15, 0.2) is 18.2 Å². The van der Waals surface area contributed by atoms with Gasteiger partial charge in [0.2, 0.25) is 0 Å². The standard InChI is InChI=1S/C10H15BFNO3/c1-7(13)4-8-2-3-9(5-10(8)12)16-6-11(14)15/h2-3,5,7,14-15H,4,6,13H2,1H3/t7-/m1/s1. The number of benzene rings is 1. The highest BCUT2D eigenvalue weighted by Gasteiger charge is 2.10. The molecule has 0 heterocycles. The minimum Gasteiger partial charge on any atom is -0.496 e. The maximum atomic E-state index is 13.5. The second-order valence-electron chi connectivity index (χ2n) is 3.73. The molecule has 0 bridgehead atoms. The van der Waals surface area contributed by atoms with Gasteiger partial charge >= 0.3 is 7.12 Å². The third kappa shape index (κ3) is 4.18. The molecule has 0 aliphatic carbocycles. The van der Waals surface area contributed by atoms with Crippen LogP contribution in [0.4, 0.5) is 4.39 Å². The molecule has 4 N–H and O–H groups in total. The van der Waals surface area contributed by atoms with E-state index in [0.717, 1.165) is 0 Å². The Labute approximate surface area is 94.0 Å². The summed E-state index contributed by atoms with van der Waals surface area (Å²) >= 11 is 0. The van der Waals surface area contributed by atoms with Crippen molar-refractivity contribution in [3.8, 4) is 5.75 Å². The van der Waals surface area contributed by atoms with Crippen LogP contribution in [0, 0.1) is 5.82 Å². The molecule has 16 heavy (non-hydrogen) atoms. The fourth-order valence-electron chi connectivity index (χ4n) is 1.30. The Hall–Kier alpha value is -1.11. The molecular weight excluding hydrogens is 212 g/mol. The highest BCUT2D eigenvalue weighted by Crippen LogP contribution is 2.17. The molecule has 0 saturated heterocycles. The van der Waals surface area contributed by atoms with E-state index in [2.05, 4.69) is 0 Å². The average molecular weight is 227 g/mol. The molecule has 1 aromatic rings. The van der Waals surface area contributed by atoms with E-state index in [9.17, 15) is 4.39 Å². The first-order valence-electron chi connectivity index (χ1n) is 5.02. The van der Waals surface area contributed by atoms with Crippen molar-refractivity contribution in [3.05, 3.63) is 29.6 Å². The minimum atomic E-state index is -1.56. The van der Waals surface area contributed by atoms with Crippen molar-refractivity contribution in [2.45, 2.75) is 19.4 Å². The van der Waals surface area contributed by atoms with E-state index in [4.69, 9.17) is 20.5 Å². The molecule has 0 radical (unpaired) electrons. The van der Waals surface area contributed by atoms with Gasteiger partial charge in [0.25, 0.3) is 0 Å². The molecule has 0 aromatic heterocycles. The molecule has 0 saturated carbocycles. The molecule has 6 heteroatoms. The maximum Gasteiger partial charge on any atom is 0.491 e. The van der Waals surface area contributed by atoms with Crippen molar-refractivity contribution >= 4 is 7.12 Å². The van der Waals surface area contributed by atoms with Crippen LogP contribution < -0.4 is 10.5 Å². The Balaban J connectivity index is 2.67. The summed E-state index contributed by atoms with van der Waals surface area (Å²) < 4.78 is 18.4. The summed E-state index contributed by atoms with van der Waals surface area (Å²) in [4.78, 5) is 0. The molecule has 4 nitrogen and oxygen atoms in total. The van der Waals surface area contributed by atoms with Crippen LogP contribution in [0.5, 0.6) is 5.75 Å². The predicted molar refractivity (Wildman–Crippen MR) is 59.4 cm³/mol. The first-order valence-corrected chi connectivity index (χ1v) is 5.02. The van der Waals surface area contributed by atoms with E-state index in [0.29, 0.717) is 12.0 Å². The molecule has 0 spiro atoms.